The van der Waals surface area contributed by atoms with Gasteiger partial charge in [-0.05, 0) is 49.1 Å². The lowest BCUT2D eigenvalue weighted by Crippen LogP contribution is -2.04. The Bertz CT molecular complexity index is 859. The van der Waals surface area contributed by atoms with Crippen molar-refractivity contribution in [3.05, 3.63) is 59.7 Å². The molecule has 0 radical (unpaired) electrons. The third-order valence-corrected chi connectivity index (χ3v) is 7.23. The first-order valence-electron chi connectivity index (χ1n) is 15.4. The minimum absolute atomic E-state index is 0.333. The molecule has 0 amide bonds. The van der Waals surface area contributed by atoms with Gasteiger partial charge < -0.3 is 18.9 Å². The van der Waals surface area contributed by atoms with Crippen molar-refractivity contribution in [3.63, 3.8) is 0 Å². The molecule has 4 rings (SSSR count). The van der Waals surface area contributed by atoms with Crippen LogP contribution in [-0.2, 0) is 15.9 Å². The summed E-state index contributed by atoms with van der Waals surface area (Å²) in [7, 11) is 0. The average molecular weight is 525 g/mol. The predicted octanol–water partition coefficient (Wildman–Crippen LogP) is 8.87. The van der Waals surface area contributed by atoms with E-state index in [0.29, 0.717) is 25.4 Å². The van der Waals surface area contributed by atoms with Crippen molar-refractivity contribution in [2.45, 2.75) is 116 Å². The summed E-state index contributed by atoms with van der Waals surface area (Å²) in [6, 6.07) is 16.6. The number of epoxide rings is 2. The van der Waals surface area contributed by atoms with E-state index in [1.165, 1.54) is 101 Å². The number of benzene rings is 2. The summed E-state index contributed by atoms with van der Waals surface area (Å²) in [5.74, 6) is 1.96. The van der Waals surface area contributed by atoms with Crippen LogP contribution in [0.25, 0.3) is 0 Å². The summed E-state index contributed by atoms with van der Waals surface area (Å²) in [5, 5.41) is 0. The molecule has 212 valence electrons. The van der Waals surface area contributed by atoms with Gasteiger partial charge in [-0.3, -0.25) is 0 Å². The molecule has 2 unspecified atom stereocenters. The second-order valence-electron chi connectivity index (χ2n) is 10.9. The topological polar surface area (TPSA) is 43.5 Å². The van der Waals surface area contributed by atoms with Gasteiger partial charge in [-0.2, -0.15) is 0 Å². The number of ether oxygens (including phenoxy) is 4. The van der Waals surface area contributed by atoms with E-state index in [4.69, 9.17) is 18.9 Å². The van der Waals surface area contributed by atoms with E-state index in [1.807, 2.05) is 31.2 Å². The molecule has 0 aromatic heterocycles. The summed E-state index contributed by atoms with van der Waals surface area (Å²) in [4.78, 5) is 0. The highest BCUT2D eigenvalue weighted by molar-refractivity contribution is 5.31. The van der Waals surface area contributed by atoms with Gasteiger partial charge in [0.2, 0.25) is 0 Å². The summed E-state index contributed by atoms with van der Waals surface area (Å²) in [6.45, 7) is 7.43. The normalized spacial score (nSPS) is 17.4. The monoisotopic (exact) mass is 524 g/mol. The lowest BCUT2D eigenvalue weighted by atomic mass is 10.0. The number of hydrogen-bond donors (Lipinski definition) is 0. The molecule has 2 aromatic carbocycles. The van der Waals surface area contributed by atoms with Gasteiger partial charge in [-0.25, -0.2) is 0 Å². The first kappa shape index (κ1) is 30.5. The van der Waals surface area contributed by atoms with Crippen LogP contribution >= 0.6 is 0 Å². The Kier molecular flexibility index (Phi) is 15.3. The van der Waals surface area contributed by atoms with Crippen molar-refractivity contribution < 1.29 is 18.9 Å². The molecule has 2 fully saturated rings. The Morgan fingerprint density at radius 2 is 1.21 bits per heavy atom. The van der Waals surface area contributed by atoms with Crippen molar-refractivity contribution in [2.24, 2.45) is 0 Å². The number of aryl methyl sites for hydroxylation is 2. The van der Waals surface area contributed by atoms with Gasteiger partial charge in [0.25, 0.3) is 0 Å². The van der Waals surface area contributed by atoms with Crippen LogP contribution in [0.2, 0.25) is 0 Å². The summed E-state index contributed by atoms with van der Waals surface area (Å²) >= 11 is 0. The van der Waals surface area contributed by atoms with Crippen LogP contribution in [0.1, 0.15) is 102 Å². The maximum atomic E-state index is 5.76. The SMILES string of the molecule is CCCCCCCCCCCCCCCc1cccc(OCC2CO2)c1.Cc1ccccc1OCC1CO1. The van der Waals surface area contributed by atoms with Crippen molar-refractivity contribution in [1.82, 2.24) is 0 Å². The summed E-state index contributed by atoms with van der Waals surface area (Å²) < 4.78 is 21.5. The van der Waals surface area contributed by atoms with E-state index in [2.05, 4.69) is 31.2 Å². The molecule has 2 saturated heterocycles. The lowest BCUT2D eigenvalue weighted by Gasteiger charge is -2.07. The van der Waals surface area contributed by atoms with Gasteiger partial charge in [-0.15, -0.1) is 0 Å². The van der Waals surface area contributed by atoms with E-state index < -0.39 is 0 Å². The van der Waals surface area contributed by atoms with E-state index in [1.54, 1.807) is 0 Å². The molecule has 0 bridgehead atoms. The van der Waals surface area contributed by atoms with E-state index >= 15 is 0 Å². The fraction of sp³-hybridized carbons (Fsp3) is 0.647. The highest BCUT2D eigenvalue weighted by Gasteiger charge is 2.23. The maximum absolute atomic E-state index is 5.76. The molecule has 0 saturated carbocycles. The van der Waals surface area contributed by atoms with Gasteiger partial charge in [0.05, 0.1) is 13.2 Å². The summed E-state index contributed by atoms with van der Waals surface area (Å²) in [5.41, 5.74) is 2.58. The molecule has 0 N–H and O–H groups in total. The van der Waals surface area contributed by atoms with Crippen LogP contribution in [-0.4, -0.2) is 38.6 Å². The fourth-order valence-electron chi connectivity index (χ4n) is 4.56. The Hall–Kier alpha value is -2.04. The Balaban J connectivity index is 0.000000275. The molecule has 38 heavy (non-hydrogen) atoms. The van der Waals surface area contributed by atoms with Gasteiger partial charge in [-0.1, -0.05) is 114 Å². The Morgan fingerprint density at radius 1 is 0.658 bits per heavy atom. The van der Waals surface area contributed by atoms with Crippen molar-refractivity contribution in [2.75, 3.05) is 26.4 Å². The molecular formula is C34H52O4. The van der Waals surface area contributed by atoms with Crippen LogP contribution in [0.15, 0.2) is 48.5 Å². The first-order chi connectivity index (χ1) is 18.7. The summed E-state index contributed by atoms with van der Waals surface area (Å²) in [6.07, 6.45) is 20.2. The Labute approximate surface area is 232 Å². The van der Waals surface area contributed by atoms with Crippen LogP contribution in [0.3, 0.4) is 0 Å². The van der Waals surface area contributed by atoms with Gasteiger partial charge in [0, 0.05) is 0 Å². The van der Waals surface area contributed by atoms with Crippen molar-refractivity contribution in [3.8, 4) is 11.5 Å². The lowest BCUT2D eigenvalue weighted by molar-refractivity contribution is 0.262. The second-order valence-corrected chi connectivity index (χ2v) is 10.9. The van der Waals surface area contributed by atoms with E-state index in [9.17, 15) is 0 Å². The zero-order chi connectivity index (χ0) is 26.7. The van der Waals surface area contributed by atoms with Crippen LogP contribution in [0, 0.1) is 6.92 Å². The minimum atomic E-state index is 0.333. The number of hydrogen-bond acceptors (Lipinski definition) is 4. The van der Waals surface area contributed by atoms with Gasteiger partial charge in [0.15, 0.2) is 0 Å². The van der Waals surface area contributed by atoms with Crippen LogP contribution in [0.4, 0.5) is 0 Å². The number of para-hydroxylation sites is 1. The van der Waals surface area contributed by atoms with E-state index in [-0.39, 0.29) is 0 Å². The largest absolute Gasteiger partial charge is 0.491 e. The molecule has 0 aliphatic carbocycles. The first-order valence-corrected chi connectivity index (χ1v) is 15.4. The third kappa shape index (κ3) is 14.8. The molecule has 0 spiro atoms. The number of rotatable bonds is 20. The molecule has 2 aliphatic rings. The standard InChI is InChI=1S/C24H40O2.C10H12O2/c1-2-3-4-5-6-7-8-9-10-11-12-13-14-16-22-17-15-18-23(19-22)25-20-24-21-26-24;1-8-4-2-3-5-10(8)12-7-9-6-11-9/h15,17-19,24H,2-14,16,20-21H2,1H3;2-5,9H,6-7H2,1H3. The molecule has 2 aliphatic heterocycles. The van der Waals surface area contributed by atoms with Crippen LogP contribution in [0.5, 0.6) is 11.5 Å². The van der Waals surface area contributed by atoms with E-state index in [0.717, 1.165) is 24.7 Å². The quantitative estimate of drug-likeness (QED) is 0.128. The fourth-order valence-corrected chi connectivity index (χ4v) is 4.56. The average Bonchev–Trinajstić information content (AvgIpc) is 3.86. The van der Waals surface area contributed by atoms with Crippen molar-refractivity contribution >= 4 is 0 Å². The number of unbranched alkanes of at least 4 members (excludes halogenated alkanes) is 12. The Morgan fingerprint density at radius 3 is 1.79 bits per heavy atom. The molecule has 4 nitrogen and oxygen atoms in total. The minimum Gasteiger partial charge on any atom is -0.491 e. The third-order valence-electron chi connectivity index (χ3n) is 7.23. The second kappa shape index (κ2) is 19.1. The van der Waals surface area contributed by atoms with Crippen LogP contribution < -0.4 is 9.47 Å². The molecular weight excluding hydrogens is 472 g/mol. The maximum Gasteiger partial charge on any atom is 0.122 e. The highest BCUT2D eigenvalue weighted by atomic mass is 16.6. The smallest absolute Gasteiger partial charge is 0.122 e. The molecule has 2 heterocycles. The zero-order valence-corrected chi connectivity index (χ0v) is 24.1. The predicted molar refractivity (Wildman–Crippen MR) is 157 cm³/mol. The van der Waals surface area contributed by atoms with Gasteiger partial charge in [0.1, 0.15) is 36.9 Å². The zero-order valence-electron chi connectivity index (χ0n) is 24.1. The van der Waals surface area contributed by atoms with Gasteiger partial charge >= 0.3 is 0 Å². The molecule has 4 heteroatoms. The molecule has 2 atom stereocenters. The highest BCUT2D eigenvalue weighted by Crippen LogP contribution is 2.20. The van der Waals surface area contributed by atoms with Crippen molar-refractivity contribution in [1.29, 1.82) is 0 Å². The molecule has 2 aromatic rings.